The highest BCUT2D eigenvalue weighted by molar-refractivity contribution is 6.06. The zero-order valence-corrected chi connectivity index (χ0v) is 15.2. The Bertz CT molecular complexity index is 753. The van der Waals surface area contributed by atoms with Crippen LogP contribution < -0.4 is 10.2 Å². The molecule has 2 aliphatic heterocycles. The number of likely N-dealkylation sites (N-methyl/N-ethyl adjacent to an activating group) is 1. The molecule has 1 aromatic carbocycles. The Morgan fingerprint density at radius 2 is 1.88 bits per heavy atom. The van der Waals surface area contributed by atoms with Crippen LogP contribution in [0.15, 0.2) is 18.2 Å². The number of rotatable bonds is 3. The Hall–Kier alpha value is -2.37. The van der Waals surface area contributed by atoms with Gasteiger partial charge in [-0.3, -0.25) is 14.4 Å². The molecule has 0 bridgehead atoms. The number of fused-ring (bicyclic) bond motifs is 1. The van der Waals surface area contributed by atoms with Crippen molar-refractivity contribution in [1.29, 1.82) is 0 Å². The van der Waals surface area contributed by atoms with Crippen molar-refractivity contribution in [1.82, 2.24) is 10.2 Å². The SMILES string of the molecule is CN1C(=O)Cc2c(C(=O)NC3CCC(N4CCCC4=O)CC3)cccc21. The van der Waals surface area contributed by atoms with E-state index in [0.717, 1.165) is 49.9 Å². The fourth-order valence-corrected chi connectivity index (χ4v) is 4.54. The molecule has 0 atom stereocenters. The standard InChI is InChI=1S/C20H25N3O3/c1-22-17-5-2-4-15(16(17)12-19(22)25)20(26)21-13-7-9-14(10-8-13)23-11-3-6-18(23)24/h2,4-5,13-14H,3,6-12H2,1H3,(H,21,26). The molecule has 0 radical (unpaired) electrons. The molecule has 1 saturated carbocycles. The van der Waals surface area contributed by atoms with Crippen molar-refractivity contribution < 1.29 is 14.4 Å². The third kappa shape index (κ3) is 2.97. The van der Waals surface area contributed by atoms with E-state index in [-0.39, 0.29) is 23.8 Å². The lowest BCUT2D eigenvalue weighted by Gasteiger charge is -2.35. The van der Waals surface area contributed by atoms with Gasteiger partial charge in [0.25, 0.3) is 5.91 Å². The number of hydrogen-bond donors (Lipinski definition) is 1. The lowest BCUT2D eigenvalue weighted by molar-refractivity contribution is -0.130. The van der Waals surface area contributed by atoms with E-state index in [1.54, 1.807) is 18.0 Å². The van der Waals surface area contributed by atoms with Crippen molar-refractivity contribution in [3.8, 4) is 0 Å². The highest BCUT2D eigenvalue weighted by Crippen LogP contribution is 2.31. The van der Waals surface area contributed by atoms with Gasteiger partial charge in [0.1, 0.15) is 0 Å². The van der Waals surface area contributed by atoms with Crippen molar-refractivity contribution >= 4 is 23.4 Å². The second-order valence-corrected chi connectivity index (χ2v) is 7.60. The molecule has 26 heavy (non-hydrogen) atoms. The Morgan fingerprint density at radius 1 is 1.12 bits per heavy atom. The molecule has 1 aliphatic carbocycles. The number of carbonyl (C=O) groups is 3. The van der Waals surface area contributed by atoms with E-state index in [0.29, 0.717) is 24.4 Å². The number of hydrogen-bond acceptors (Lipinski definition) is 3. The van der Waals surface area contributed by atoms with E-state index in [4.69, 9.17) is 0 Å². The molecule has 0 spiro atoms. The fraction of sp³-hybridized carbons (Fsp3) is 0.550. The highest BCUT2D eigenvalue weighted by atomic mass is 16.2. The summed E-state index contributed by atoms with van der Waals surface area (Å²) >= 11 is 0. The van der Waals surface area contributed by atoms with E-state index in [9.17, 15) is 14.4 Å². The van der Waals surface area contributed by atoms with Crippen LogP contribution >= 0.6 is 0 Å². The second kappa shape index (κ2) is 6.74. The lowest BCUT2D eigenvalue weighted by Crippen LogP contribution is -2.44. The number of amides is 3. The molecule has 1 N–H and O–H groups in total. The quantitative estimate of drug-likeness (QED) is 0.900. The van der Waals surface area contributed by atoms with Crippen LogP contribution in [-0.2, 0) is 16.0 Å². The minimum absolute atomic E-state index is 0.0241. The van der Waals surface area contributed by atoms with Crippen LogP contribution in [0, 0.1) is 0 Å². The van der Waals surface area contributed by atoms with Crippen LogP contribution in [0.1, 0.15) is 54.4 Å². The Morgan fingerprint density at radius 3 is 2.58 bits per heavy atom. The number of carbonyl (C=O) groups excluding carboxylic acids is 3. The summed E-state index contributed by atoms with van der Waals surface area (Å²) in [7, 11) is 1.75. The maximum atomic E-state index is 12.8. The van der Waals surface area contributed by atoms with Gasteiger partial charge in [-0.05, 0) is 49.8 Å². The van der Waals surface area contributed by atoms with Crippen molar-refractivity contribution in [2.24, 2.45) is 0 Å². The van der Waals surface area contributed by atoms with Crippen molar-refractivity contribution in [3.63, 3.8) is 0 Å². The number of anilines is 1. The molecule has 2 fully saturated rings. The highest BCUT2D eigenvalue weighted by Gasteiger charge is 2.33. The number of likely N-dealkylation sites (tertiary alicyclic amines) is 1. The maximum absolute atomic E-state index is 12.8. The van der Waals surface area contributed by atoms with Crippen LogP contribution in [0.3, 0.4) is 0 Å². The molecule has 0 unspecified atom stereocenters. The number of nitrogens with one attached hydrogen (secondary N) is 1. The predicted octanol–water partition coefficient (Wildman–Crippen LogP) is 1.87. The average Bonchev–Trinajstić information content (AvgIpc) is 3.19. The first kappa shape index (κ1) is 17.1. The Labute approximate surface area is 153 Å². The first-order valence-electron chi connectivity index (χ1n) is 9.53. The van der Waals surface area contributed by atoms with Gasteiger partial charge in [-0.2, -0.15) is 0 Å². The molecule has 3 aliphatic rings. The summed E-state index contributed by atoms with van der Waals surface area (Å²) in [6, 6.07) is 6.00. The minimum atomic E-state index is -0.0920. The first-order chi connectivity index (χ1) is 12.5. The predicted molar refractivity (Wildman–Crippen MR) is 98.0 cm³/mol. The topological polar surface area (TPSA) is 69.7 Å². The van der Waals surface area contributed by atoms with Crippen LogP contribution in [-0.4, -0.2) is 48.3 Å². The third-order valence-corrected chi connectivity index (χ3v) is 6.04. The number of nitrogens with zero attached hydrogens (tertiary/aromatic N) is 2. The van der Waals surface area contributed by atoms with E-state index in [2.05, 4.69) is 5.32 Å². The average molecular weight is 355 g/mol. The third-order valence-electron chi connectivity index (χ3n) is 6.04. The molecule has 6 nitrogen and oxygen atoms in total. The molecule has 6 heteroatoms. The summed E-state index contributed by atoms with van der Waals surface area (Å²) in [5.74, 6) is 0.216. The number of benzene rings is 1. The fourth-order valence-electron chi connectivity index (χ4n) is 4.54. The van der Waals surface area contributed by atoms with E-state index in [1.807, 2.05) is 17.0 Å². The van der Waals surface area contributed by atoms with Gasteiger partial charge in [-0.1, -0.05) is 6.07 Å². The van der Waals surface area contributed by atoms with E-state index in [1.165, 1.54) is 0 Å². The molecule has 4 rings (SSSR count). The van der Waals surface area contributed by atoms with E-state index >= 15 is 0 Å². The first-order valence-corrected chi connectivity index (χ1v) is 9.53. The summed E-state index contributed by atoms with van der Waals surface area (Å²) in [5, 5.41) is 3.14. The van der Waals surface area contributed by atoms with Gasteiger partial charge in [0.2, 0.25) is 11.8 Å². The molecule has 0 aromatic heterocycles. The monoisotopic (exact) mass is 355 g/mol. The van der Waals surface area contributed by atoms with Gasteiger partial charge in [0, 0.05) is 43.3 Å². The molecular weight excluding hydrogens is 330 g/mol. The molecule has 1 saturated heterocycles. The van der Waals surface area contributed by atoms with Crippen LogP contribution in [0.25, 0.3) is 0 Å². The summed E-state index contributed by atoms with van der Waals surface area (Å²) < 4.78 is 0. The molecule has 1 aromatic rings. The molecule has 138 valence electrons. The van der Waals surface area contributed by atoms with Crippen molar-refractivity contribution in [2.45, 2.75) is 57.0 Å². The smallest absolute Gasteiger partial charge is 0.251 e. The van der Waals surface area contributed by atoms with Gasteiger partial charge >= 0.3 is 0 Å². The van der Waals surface area contributed by atoms with E-state index < -0.39 is 0 Å². The van der Waals surface area contributed by atoms with Gasteiger partial charge in [-0.25, -0.2) is 0 Å². The van der Waals surface area contributed by atoms with Crippen molar-refractivity contribution in [3.05, 3.63) is 29.3 Å². The van der Waals surface area contributed by atoms with Crippen LogP contribution in [0.2, 0.25) is 0 Å². The van der Waals surface area contributed by atoms with Gasteiger partial charge in [-0.15, -0.1) is 0 Å². The minimum Gasteiger partial charge on any atom is -0.349 e. The largest absolute Gasteiger partial charge is 0.349 e. The second-order valence-electron chi connectivity index (χ2n) is 7.60. The maximum Gasteiger partial charge on any atom is 0.251 e. The normalized spacial score (nSPS) is 25.6. The lowest BCUT2D eigenvalue weighted by atomic mass is 9.90. The zero-order valence-electron chi connectivity index (χ0n) is 15.2. The zero-order chi connectivity index (χ0) is 18.3. The summed E-state index contributed by atoms with van der Waals surface area (Å²) in [6.07, 6.45) is 5.64. The van der Waals surface area contributed by atoms with Gasteiger partial charge in [0.15, 0.2) is 0 Å². The van der Waals surface area contributed by atoms with Gasteiger partial charge < -0.3 is 15.1 Å². The Balaban J connectivity index is 1.38. The Kier molecular flexibility index (Phi) is 4.42. The van der Waals surface area contributed by atoms with Crippen LogP contribution in [0.5, 0.6) is 0 Å². The van der Waals surface area contributed by atoms with Gasteiger partial charge in [0.05, 0.1) is 6.42 Å². The summed E-state index contributed by atoms with van der Waals surface area (Å²) in [4.78, 5) is 40.3. The molecular formula is C20H25N3O3. The summed E-state index contributed by atoms with van der Waals surface area (Å²) in [5.41, 5.74) is 2.27. The van der Waals surface area contributed by atoms with Crippen LogP contribution in [0.4, 0.5) is 5.69 Å². The summed E-state index contributed by atoms with van der Waals surface area (Å²) in [6.45, 7) is 0.887. The van der Waals surface area contributed by atoms with Crippen molar-refractivity contribution in [2.75, 3.05) is 18.5 Å². The molecule has 3 amide bonds. The molecule has 2 heterocycles.